The first-order chi connectivity index (χ1) is 18.4. The predicted octanol–water partition coefficient (Wildman–Crippen LogP) is 3.76. The van der Waals surface area contributed by atoms with Crippen molar-refractivity contribution in [2.45, 2.75) is 37.7 Å². The lowest BCUT2D eigenvalue weighted by Crippen LogP contribution is -2.46. The summed E-state index contributed by atoms with van der Waals surface area (Å²) in [6, 6.07) is 7.96. The van der Waals surface area contributed by atoms with Crippen LogP contribution in [0.1, 0.15) is 37.5 Å². The number of hydrogen-bond donors (Lipinski definition) is 2. The van der Waals surface area contributed by atoms with Gasteiger partial charge in [-0.15, -0.1) is 10.2 Å². The summed E-state index contributed by atoms with van der Waals surface area (Å²) < 4.78 is 37.6. The highest BCUT2D eigenvalue weighted by molar-refractivity contribution is 7.99. The fourth-order valence-corrected chi connectivity index (χ4v) is 4.98. The van der Waals surface area contributed by atoms with E-state index in [9.17, 15) is 14.0 Å². The SMILES string of the molecule is CCOC(=O)C1=C(CSc2nnc(COc3ccccc3F)n2[C@H](C)COC)NC(=O)N[C@H]1c1ccco1. The normalized spacial score (nSPS) is 16.1. The van der Waals surface area contributed by atoms with Crippen molar-refractivity contribution in [2.75, 3.05) is 26.1 Å². The number of nitrogens with zero attached hydrogens (tertiary/aromatic N) is 3. The van der Waals surface area contributed by atoms with Crippen LogP contribution < -0.4 is 15.4 Å². The van der Waals surface area contributed by atoms with Crippen LogP contribution in [0.25, 0.3) is 0 Å². The number of ether oxygens (including phenoxy) is 3. The molecule has 2 N–H and O–H groups in total. The number of esters is 1. The monoisotopic (exact) mass is 545 g/mol. The number of aromatic nitrogens is 3. The van der Waals surface area contributed by atoms with Crippen molar-refractivity contribution in [3.8, 4) is 5.75 Å². The van der Waals surface area contributed by atoms with E-state index in [4.69, 9.17) is 18.6 Å². The Morgan fingerprint density at radius 2 is 2.08 bits per heavy atom. The molecule has 3 heterocycles. The first kappa shape index (κ1) is 27.2. The van der Waals surface area contributed by atoms with Crippen LogP contribution in [0.3, 0.4) is 0 Å². The van der Waals surface area contributed by atoms with Crippen molar-refractivity contribution in [1.82, 2.24) is 25.4 Å². The first-order valence-electron chi connectivity index (χ1n) is 11.9. The number of amides is 2. The van der Waals surface area contributed by atoms with Gasteiger partial charge >= 0.3 is 12.0 Å². The van der Waals surface area contributed by atoms with Crippen LogP contribution in [-0.4, -0.2) is 52.8 Å². The van der Waals surface area contributed by atoms with E-state index in [0.717, 1.165) is 0 Å². The molecule has 0 saturated heterocycles. The van der Waals surface area contributed by atoms with Crippen LogP contribution in [0.2, 0.25) is 0 Å². The highest BCUT2D eigenvalue weighted by atomic mass is 32.2. The Bertz CT molecular complexity index is 1300. The lowest BCUT2D eigenvalue weighted by atomic mass is 10.0. The number of hydrogen-bond acceptors (Lipinski definition) is 9. The molecule has 0 saturated carbocycles. The van der Waals surface area contributed by atoms with Crippen LogP contribution in [0.5, 0.6) is 5.75 Å². The molecular formula is C25H28FN5O6S. The van der Waals surface area contributed by atoms with E-state index in [0.29, 0.717) is 29.0 Å². The van der Waals surface area contributed by atoms with Gasteiger partial charge < -0.3 is 29.3 Å². The molecule has 1 aromatic carbocycles. The summed E-state index contributed by atoms with van der Waals surface area (Å²) in [5.74, 6) is 0.0680. The van der Waals surface area contributed by atoms with Crippen LogP contribution in [0, 0.1) is 5.82 Å². The lowest BCUT2D eigenvalue weighted by Gasteiger charge is -2.27. The second kappa shape index (κ2) is 12.6. The van der Waals surface area contributed by atoms with E-state index in [1.54, 1.807) is 38.3 Å². The average Bonchev–Trinajstić information content (AvgIpc) is 3.57. The number of benzene rings is 1. The van der Waals surface area contributed by atoms with Crippen molar-refractivity contribution in [3.05, 3.63) is 71.3 Å². The van der Waals surface area contributed by atoms with Crippen LogP contribution in [0.15, 0.2) is 63.5 Å². The Balaban J connectivity index is 1.62. The summed E-state index contributed by atoms with van der Waals surface area (Å²) in [7, 11) is 1.58. The predicted molar refractivity (Wildman–Crippen MR) is 135 cm³/mol. The standard InChI is InChI=1S/C25H28FN5O6S/c1-4-35-23(32)21-17(27-24(33)28-22(21)19-10-7-11-36-19)14-38-25-30-29-20(31(25)15(2)12-34-3)13-37-18-9-6-5-8-16(18)26/h5-11,15,22H,4,12-14H2,1-3H3,(H2,27,28,33)/t15-,22+/m1/s1. The zero-order valence-electron chi connectivity index (χ0n) is 21.1. The molecule has 4 rings (SSSR count). The highest BCUT2D eigenvalue weighted by Gasteiger charge is 2.35. The molecular weight excluding hydrogens is 517 g/mol. The van der Waals surface area contributed by atoms with E-state index in [-0.39, 0.29) is 36.3 Å². The molecule has 0 aliphatic carbocycles. The summed E-state index contributed by atoms with van der Waals surface area (Å²) in [4.78, 5) is 25.4. The summed E-state index contributed by atoms with van der Waals surface area (Å²) in [6.45, 7) is 4.12. The Morgan fingerprint density at radius 3 is 2.79 bits per heavy atom. The summed E-state index contributed by atoms with van der Waals surface area (Å²) in [5, 5.41) is 14.5. The molecule has 38 heavy (non-hydrogen) atoms. The molecule has 3 aromatic rings. The Morgan fingerprint density at radius 1 is 1.26 bits per heavy atom. The van der Waals surface area contributed by atoms with Crippen molar-refractivity contribution in [1.29, 1.82) is 0 Å². The third-order valence-corrected chi connectivity index (χ3v) is 6.57. The van der Waals surface area contributed by atoms with Crippen molar-refractivity contribution in [2.24, 2.45) is 0 Å². The molecule has 0 unspecified atom stereocenters. The number of rotatable bonds is 12. The van der Waals surface area contributed by atoms with E-state index in [2.05, 4.69) is 20.8 Å². The van der Waals surface area contributed by atoms with Gasteiger partial charge in [0.1, 0.15) is 18.4 Å². The molecule has 13 heteroatoms. The van der Waals surface area contributed by atoms with E-state index in [1.165, 1.54) is 30.2 Å². The minimum atomic E-state index is -0.816. The second-order valence-electron chi connectivity index (χ2n) is 8.24. The van der Waals surface area contributed by atoms with E-state index >= 15 is 0 Å². The Labute approximate surface area is 222 Å². The molecule has 1 aliphatic heterocycles. The topological polar surface area (TPSA) is 130 Å². The van der Waals surface area contributed by atoms with Crippen molar-refractivity contribution in [3.63, 3.8) is 0 Å². The van der Waals surface area contributed by atoms with Gasteiger partial charge in [0.2, 0.25) is 0 Å². The van der Waals surface area contributed by atoms with Crippen LogP contribution >= 0.6 is 11.8 Å². The molecule has 0 radical (unpaired) electrons. The fourth-order valence-electron chi connectivity index (χ4n) is 3.95. The van der Waals surface area contributed by atoms with Gasteiger partial charge in [-0.25, -0.2) is 14.0 Å². The number of carbonyl (C=O) groups is 2. The van der Waals surface area contributed by atoms with Crippen LogP contribution in [-0.2, 0) is 20.9 Å². The summed E-state index contributed by atoms with van der Waals surface area (Å²) in [5.41, 5.74) is 0.588. The molecule has 11 nitrogen and oxygen atoms in total. The van der Waals surface area contributed by atoms with Gasteiger partial charge in [-0.3, -0.25) is 4.57 Å². The lowest BCUT2D eigenvalue weighted by molar-refractivity contribution is -0.139. The molecule has 0 bridgehead atoms. The fraction of sp³-hybridized carbons (Fsp3) is 0.360. The highest BCUT2D eigenvalue weighted by Crippen LogP contribution is 2.31. The van der Waals surface area contributed by atoms with Gasteiger partial charge in [0.05, 0.1) is 31.1 Å². The molecule has 2 aromatic heterocycles. The van der Waals surface area contributed by atoms with Gasteiger partial charge in [0.25, 0.3) is 0 Å². The smallest absolute Gasteiger partial charge is 0.338 e. The molecule has 1 aliphatic rings. The zero-order chi connectivity index (χ0) is 27.1. The van der Waals surface area contributed by atoms with Gasteiger partial charge in [-0.1, -0.05) is 23.9 Å². The second-order valence-corrected chi connectivity index (χ2v) is 9.18. The summed E-state index contributed by atoms with van der Waals surface area (Å²) >= 11 is 1.26. The van der Waals surface area contributed by atoms with Gasteiger partial charge in [-0.2, -0.15) is 0 Å². The van der Waals surface area contributed by atoms with Gasteiger partial charge in [0, 0.05) is 18.6 Å². The van der Waals surface area contributed by atoms with Crippen molar-refractivity contribution < 1.29 is 32.6 Å². The van der Waals surface area contributed by atoms with Gasteiger partial charge in [-0.05, 0) is 38.1 Å². The third kappa shape index (κ3) is 6.17. The van der Waals surface area contributed by atoms with Crippen LogP contribution in [0.4, 0.5) is 9.18 Å². The number of nitrogens with one attached hydrogen (secondary N) is 2. The third-order valence-electron chi connectivity index (χ3n) is 5.60. The Kier molecular flexibility index (Phi) is 9.02. The largest absolute Gasteiger partial charge is 0.483 e. The number of halogens is 1. The number of furan rings is 1. The number of urea groups is 1. The first-order valence-corrected chi connectivity index (χ1v) is 12.8. The Hall–Kier alpha value is -3.84. The quantitative estimate of drug-likeness (QED) is 0.258. The number of methoxy groups -OCH3 is 1. The molecule has 0 spiro atoms. The summed E-state index contributed by atoms with van der Waals surface area (Å²) in [6.07, 6.45) is 1.46. The maximum Gasteiger partial charge on any atom is 0.338 e. The molecule has 2 atom stereocenters. The number of para-hydroxylation sites is 1. The van der Waals surface area contributed by atoms with Gasteiger partial charge in [0.15, 0.2) is 22.5 Å². The maximum atomic E-state index is 14.0. The molecule has 2 amide bonds. The maximum absolute atomic E-state index is 14.0. The minimum Gasteiger partial charge on any atom is -0.483 e. The van der Waals surface area contributed by atoms with E-state index in [1.807, 2.05) is 11.5 Å². The minimum absolute atomic E-state index is 0.0272. The average molecular weight is 546 g/mol. The molecule has 0 fully saturated rings. The van der Waals surface area contributed by atoms with Crippen molar-refractivity contribution >= 4 is 23.8 Å². The number of thioether (sulfide) groups is 1. The van der Waals surface area contributed by atoms with E-state index < -0.39 is 23.9 Å². The zero-order valence-corrected chi connectivity index (χ0v) is 21.9. The molecule has 202 valence electrons. The number of carbonyl (C=O) groups excluding carboxylic acids is 2.